The van der Waals surface area contributed by atoms with Gasteiger partial charge in [0, 0.05) is 26.5 Å². The van der Waals surface area contributed by atoms with E-state index in [0.717, 1.165) is 13.0 Å². The number of methoxy groups -OCH3 is 1. The second-order valence-corrected chi connectivity index (χ2v) is 5.09. The van der Waals surface area contributed by atoms with Crippen LogP contribution in [-0.2, 0) is 11.3 Å². The first-order chi connectivity index (χ1) is 10.1. The highest BCUT2D eigenvalue weighted by molar-refractivity contribution is 6.30. The van der Waals surface area contributed by atoms with Gasteiger partial charge in [-0.15, -0.1) is 10.2 Å². The van der Waals surface area contributed by atoms with Crippen LogP contribution in [0.2, 0.25) is 5.02 Å². The average molecular weight is 312 g/mol. The smallest absolute Gasteiger partial charge is 0.268 e. The molecule has 1 atom stereocenters. The number of H-pyrrole nitrogens is 1. The van der Waals surface area contributed by atoms with Gasteiger partial charge >= 0.3 is 0 Å². The first-order valence-electron chi connectivity index (χ1n) is 6.63. The lowest BCUT2D eigenvalue weighted by Crippen LogP contribution is -2.29. The monoisotopic (exact) mass is 311 g/mol. The molecule has 2 N–H and O–H groups in total. The largest absolute Gasteiger partial charge is 0.385 e. The Kier molecular flexibility index (Phi) is 5.35. The van der Waals surface area contributed by atoms with Crippen LogP contribution in [0.4, 0.5) is 0 Å². The lowest BCUT2D eigenvalue weighted by molar-refractivity contribution is 0.0933. The van der Waals surface area contributed by atoms with Gasteiger partial charge in [-0.05, 0) is 19.4 Å². The van der Waals surface area contributed by atoms with Gasteiger partial charge in [-0.25, -0.2) is 0 Å². The summed E-state index contributed by atoms with van der Waals surface area (Å²) in [5.41, 5.74) is 0.414. The van der Waals surface area contributed by atoms with E-state index in [0.29, 0.717) is 23.1 Å². The van der Waals surface area contributed by atoms with Crippen molar-refractivity contribution in [1.29, 1.82) is 0 Å². The molecule has 2 aromatic rings. The maximum Gasteiger partial charge on any atom is 0.268 e. The molecule has 8 heteroatoms. The summed E-state index contributed by atoms with van der Waals surface area (Å²) in [4.78, 5) is 14.9. The highest BCUT2D eigenvalue weighted by atomic mass is 35.5. The van der Waals surface area contributed by atoms with E-state index in [4.69, 9.17) is 16.3 Å². The maximum atomic E-state index is 12.1. The van der Waals surface area contributed by atoms with Crippen LogP contribution in [0.15, 0.2) is 18.6 Å². The molecule has 0 saturated heterocycles. The van der Waals surface area contributed by atoms with Crippen LogP contribution in [0.25, 0.3) is 0 Å². The van der Waals surface area contributed by atoms with Gasteiger partial charge in [0.2, 0.25) is 0 Å². The fraction of sp³-hybridized carbons (Fsp3) is 0.462. The van der Waals surface area contributed by atoms with Crippen molar-refractivity contribution in [3.63, 3.8) is 0 Å². The van der Waals surface area contributed by atoms with E-state index in [1.807, 2.05) is 11.5 Å². The van der Waals surface area contributed by atoms with Crippen molar-refractivity contribution in [3.05, 3.63) is 35.1 Å². The number of nitrogens with one attached hydrogen (secondary N) is 2. The van der Waals surface area contributed by atoms with Crippen molar-refractivity contribution in [2.24, 2.45) is 0 Å². The van der Waals surface area contributed by atoms with Crippen LogP contribution >= 0.6 is 11.6 Å². The molecular formula is C13H18ClN5O2. The number of halogens is 1. The zero-order valence-electron chi connectivity index (χ0n) is 12.0. The van der Waals surface area contributed by atoms with Gasteiger partial charge in [-0.3, -0.25) is 4.79 Å². The van der Waals surface area contributed by atoms with E-state index in [9.17, 15) is 4.79 Å². The summed E-state index contributed by atoms with van der Waals surface area (Å²) in [6.45, 7) is 3.27. The van der Waals surface area contributed by atoms with E-state index in [2.05, 4.69) is 20.5 Å². The molecular weight excluding hydrogens is 294 g/mol. The number of hydrogen-bond acceptors (Lipinski definition) is 4. The molecule has 114 valence electrons. The molecule has 1 amide bonds. The predicted octanol–water partition coefficient (Wildman–Crippen LogP) is 1.79. The second kappa shape index (κ2) is 7.24. The summed E-state index contributed by atoms with van der Waals surface area (Å²) in [5, 5.41) is 11.3. The summed E-state index contributed by atoms with van der Waals surface area (Å²) in [7, 11) is 1.66. The molecule has 0 aliphatic rings. The molecule has 0 aromatic carbocycles. The van der Waals surface area contributed by atoms with Gasteiger partial charge in [-0.1, -0.05) is 11.6 Å². The fourth-order valence-corrected chi connectivity index (χ4v) is 2.15. The van der Waals surface area contributed by atoms with Crippen molar-refractivity contribution in [1.82, 2.24) is 25.1 Å². The third-order valence-corrected chi connectivity index (χ3v) is 3.24. The lowest BCUT2D eigenvalue weighted by Gasteiger charge is -2.14. The highest BCUT2D eigenvalue weighted by Gasteiger charge is 2.17. The van der Waals surface area contributed by atoms with Gasteiger partial charge in [0.25, 0.3) is 5.91 Å². The quantitative estimate of drug-likeness (QED) is 0.763. The van der Waals surface area contributed by atoms with E-state index < -0.39 is 0 Å². The van der Waals surface area contributed by atoms with Crippen LogP contribution < -0.4 is 5.32 Å². The number of aromatic nitrogens is 4. The molecule has 0 spiro atoms. The number of aryl methyl sites for hydroxylation is 1. The first kappa shape index (κ1) is 15.5. The summed E-state index contributed by atoms with van der Waals surface area (Å²) < 4.78 is 6.93. The summed E-state index contributed by atoms with van der Waals surface area (Å²) >= 11 is 5.79. The number of carbonyl (C=O) groups is 1. The average Bonchev–Trinajstić information content (AvgIpc) is 3.08. The predicted molar refractivity (Wildman–Crippen MR) is 78.2 cm³/mol. The molecule has 0 bridgehead atoms. The Labute approximate surface area is 127 Å². The van der Waals surface area contributed by atoms with Crippen molar-refractivity contribution in [3.8, 4) is 0 Å². The maximum absolute atomic E-state index is 12.1. The Balaban J connectivity index is 1.98. The Morgan fingerprint density at radius 3 is 3.10 bits per heavy atom. The van der Waals surface area contributed by atoms with Crippen molar-refractivity contribution in [2.75, 3.05) is 13.7 Å². The fourth-order valence-electron chi connectivity index (χ4n) is 1.99. The Morgan fingerprint density at radius 2 is 2.43 bits per heavy atom. The molecule has 0 aliphatic heterocycles. The summed E-state index contributed by atoms with van der Waals surface area (Å²) in [5.74, 6) is 0.470. The molecule has 2 aromatic heterocycles. The minimum Gasteiger partial charge on any atom is -0.385 e. The molecule has 0 fully saturated rings. The topological polar surface area (TPSA) is 84.8 Å². The van der Waals surface area contributed by atoms with Gasteiger partial charge in [0.1, 0.15) is 12.0 Å². The van der Waals surface area contributed by atoms with Gasteiger partial charge < -0.3 is 19.6 Å². The van der Waals surface area contributed by atoms with Crippen molar-refractivity contribution < 1.29 is 9.53 Å². The molecule has 2 heterocycles. The summed E-state index contributed by atoms with van der Waals surface area (Å²) in [6.07, 6.45) is 4.07. The number of aromatic amines is 1. The zero-order chi connectivity index (χ0) is 15.2. The van der Waals surface area contributed by atoms with Crippen molar-refractivity contribution >= 4 is 17.5 Å². The van der Waals surface area contributed by atoms with Crippen LogP contribution in [0.3, 0.4) is 0 Å². The molecule has 0 aliphatic carbocycles. The standard InChI is InChI=1S/C13H18ClN5O2/c1-9(17-13(20)11-6-10(14)7-15-11)12-18-16-8-19(12)4-3-5-21-2/h6-9,15H,3-5H2,1-2H3,(H,17,20). The lowest BCUT2D eigenvalue weighted by atomic mass is 10.3. The van der Waals surface area contributed by atoms with Crippen LogP contribution in [0, 0.1) is 0 Å². The number of ether oxygens (including phenoxy) is 1. The highest BCUT2D eigenvalue weighted by Crippen LogP contribution is 2.13. The minimum absolute atomic E-state index is 0.235. The SMILES string of the molecule is COCCCn1cnnc1C(C)NC(=O)c1cc(Cl)c[nH]1. The third kappa shape index (κ3) is 4.05. The number of hydrogen-bond donors (Lipinski definition) is 2. The molecule has 0 saturated carbocycles. The van der Waals surface area contributed by atoms with E-state index in [1.54, 1.807) is 25.7 Å². The number of carbonyl (C=O) groups excluding carboxylic acids is 1. The van der Waals surface area contributed by atoms with E-state index in [-0.39, 0.29) is 11.9 Å². The van der Waals surface area contributed by atoms with Gasteiger partial charge in [-0.2, -0.15) is 0 Å². The van der Waals surface area contributed by atoms with Crippen LogP contribution in [0.1, 0.15) is 35.7 Å². The zero-order valence-corrected chi connectivity index (χ0v) is 12.7. The third-order valence-electron chi connectivity index (χ3n) is 3.02. The Hall–Kier alpha value is -1.86. The molecule has 21 heavy (non-hydrogen) atoms. The van der Waals surface area contributed by atoms with Crippen molar-refractivity contribution in [2.45, 2.75) is 25.9 Å². The van der Waals surface area contributed by atoms with Crippen LogP contribution in [0.5, 0.6) is 0 Å². The van der Waals surface area contributed by atoms with E-state index >= 15 is 0 Å². The Bertz CT molecular complexity index is 595. The van der Waals surface area contributed by atoms with Gasteiger partial charge in [0.15, 0.2) is 5.82 Å². The van der Waals surface area contributed by atoms with Crippen LogP contribution in [-0.4, -0.2) is 39.4 Å². The summed E-state index contributed by atoms with van der Waals surface area (Å²) in [6, 6.07) is 1.32. The Morgan fingerprint density at radius 1 is 1.62 bits per heavy atom. The molecule has 7 nitrogen and oxygen atoms in total. The number of nitrogens with zero attached hydrogens (tertiary/aromatic N) is 3. The molecule has 1 unspecified atom stereocenters. The van der Waals surface area contributed by atoms with E-state index in [1.165, 1.54) is 0 Å². The second-order valence-electron chi connectivity index (χ2n) is 4.66. The molecule has 2 rings (SSSR count). The molecule has 0 radical (unpaired) electrons. The normalized spacial score (nSPS) is 12.3. The number of rotatable bonds is 7. The first-order valence-corrected chi connectivity index (χ1v) is 7.01. The minimum atomic E-state index is -0.260. The van der Waals surface area contributed by atoms with Gasteiger partial charge in [0.05, 0.1) is 11.1 Å². The number of amides is 1.